The van der Waals surface area contributed by atoms with Gasteiger partial charge in [0, 0.05) is 10.6 Å². The molecule has 0 saturated heterocycles. The lowest BCUT2D eigenvalue weighted by Gasteiger charge is -1.98. The molecule has 1 aromatic heterocycles. The third kappa shape index (κ3) is 1.45. The summed E-state index contributed by atoms with van der Waals surface area (Å²) in [6.45, 7) is 0. The van der Waals surface area contributed by atoms with Crippen LogP contribution in [0.5, 0.6) is 5.75 Å². The van der Waals surface area contributed by atoms with E-state index in [1.54, 1.807) is 12.1 Å². The molecule has 2 aromatic rings. The van der Waals surface area contributed by atoms with Gasteiger partial charge in [0.1, 0.15) is 5.75 Å². The summed E-state index contributed by atoms with van der Waals surface area (Å²) in [7, 11) is 0. The van der Waals surface area contributed by atoms with E-state index < -0.39 is 0 Å². The molecule has 4 heteroatoms. The van der Waals surface area contributed by atoms with Gasteiger partial charge in [0.2, 0.25) is 0 Å². The van der Waals surface area contributed by atoms with E-state index in [4.69, 9.17) is 17.3 Å². The smallest absolute Gasteiger partial charge is 0.116 e. The fourth-order valence-electron chi connectivity index (χ4n) is 1.33. The van der Waals surface area contributed by atoms with Crippen LogP contribution in [0.1, 0.15) is 5.56 Å². The molecule has 0 aliphatic heterocycles. The van der Waals surface area contributed by atoms with Gasteiger partial charge >= 0.3 is 0 Å². The van der Waals surface area contributed by atoms with E-state index in [0.717, 1.165) is 20.7 Å². The monoisotopic (exact) mass is 213 g/mol. The van der Waals surface area contributed by atoms with Gasteiger partial charge in [0.15, 0.2) is 0 Å². The van der Waals surface area contributed by atoms with Crippen molar-refractivity contribution >= 4 is 38.0 Å². The molecule has 0 amide bonds. The number of alkyl halides is 1. The highest BCUT2D eigenvalue weighted by atomic mass is 35.5. The normalized spacial score (nSPS) is 10.8. The lowest BCUT2D eigenvalue weighted by Crippen LogP contribution is -1.77. The first-order chi connectivity index (χ1) is 6.20. The second kappa shape index (κ2) is 3.09. The van der Waals surface area contributed by atoms with Crippen LogP contribution in [0.2, 0.25) is 0 Å². The summed E-state index contributed by atoms with van der Waals surface area (Å²) < 4.78 is 1.06. The Bertz CT molecular complexity index is 452. The number of benzene rings is 1. The summed E-state index contributed by atoms with van der Waals surface area (Å²) in [5, 5.41) is 11.1. The number of thiophene rings is 1. The SMILES string of the molecule is Nc1cc2cc(O)cc(CCl)c2s1. The molecule has 0 radical (unpaired) electrons. The van der Waals surface area contributed by atoms with E-state index in [9.17, 15) is 5.11 Å². The van der Waals surface area contributed by atoms with E-state index in [0.29, 0.717) is 5.88 Å². The molecule has 2 rings (SSSR count). The Morgan fingerprint density at radius 2 is 2.15 bits per heavy atom. The summed E-state index contributed by atoms with van der Waals surface area (Å²) in [6.07, 6.45) is 0. The number of rotatable bonds is 1. The number of nitrogen functional groups attached to an aromatic ring is 1. The third-order valence-corrected chi connectivity index (χ3v) is 3.18. The number of phenolic OH excluding ortho intramolecular Hbond substituents is 1. The van der Waals surface area contributed by atoms with Gasteiger partial charge in [-0.25, -0.2) is 0 Å². The van der Waals surface area contributed by atoms with Crippen LogP contribution in [0.25, 0.3) is 10.1 Å². The molecule has 13 heavy (non-hydrogen) atoms. The average Bonchev–Trinajstić information content (AvgIpc) is 2.43. The predicted octanol–water partition coefficient (Wildman–Crippen LogP) is 2.93. The highest BCUT2D eigenvalue weighted by Gasteiger charge is 2.05. The maximum Gasteiger partial charge on any atom is 0.116 e. The number of halogens is 1. The van der Waals surface area contributed by atoms with E-state index in [1.807, 2.05) is 6.07 Å². The van der Waals surface area contributed by atoms with Crippen LogP contribution in [-0.4, -0.2) is 5.11 Å². The molecular weight excluding hydrogens is 206 g/mol. The van der Waals surface area contributed by atoms with Crippen molar-refractivity contribution in [2.45, 2.75) is 5.88 Å². The average molecular weight is 214 g/mol. The Labute approximate surface area is 84.6 Å². The molecule has 3 N–H and O–H groups in total. The number of hydrogen-bond acceptors (Lipinski definition) is 3. The van der Waals surface area contributed by atoms with Crippen molar-refractivity contribution in [1.82, 2.24) is 0 Å². The van der Waals surface area contributed by atoms with Gasteiger partial charge in [-0.1, -0.05) is 0 Å². The number of fused-ring (bicyclic) bond motifs is 1. The highest BCUT2D eigenvalue weighted by molar-refractivity contribution is 7.22. The minimum Gasteiger partial charge on any atom is -0.508 e. The minimum atomic E-state index is 0.237. The van der Waals surface area contributed by atoms with Crippen molar-refractivity contribution in [3.63, 3.8) is 0 Å². The Morgan fingerprint density at radius 3 is 2.85 bits per heavy atom. The maximum absolute atomic E-state index is 9.36. The van der Waals surface area contributed by atoms with Crippen molar-refractivity contribution in [2.24, 2.45) is 0 Å². The second-order valence-corrected chi connectivity index (χ2v) is 4.16. The minimum absolute atomic E-state index is 0.237. The van der Waals surface area contributed by atoms with Gasteiger partial charge in [0.05, 0.1) is 5.00 Å². The molecule has 1 aromatic carbocycles. The molecule has 0 atom stereocenters. The topological polar surface area (TPSA) is 46.2 Å². The number of aromatic hydroxyl groups is 1. The second-order valence-electron chi connectivity index (χ2n) is 2.81. The molecule has 0 spiro atoms. The first kappa shape index (κ1) is 8.66. The largest absolute Gasteiger partial charge is 0.508 e. The summed E-state index contributed by atoms with van der Waals surface area (Å²) in [6, 6.07) is 5.21. The molecule has 2 nitrogen and oxygen atoms in total. The molecule has 68 valence electrons. The molecular formula is C9H8ClNOS. The molecule has 0 bridgehead atoms. The Kier molecular flexibility index (Phi) is 2.06. The van der Waals surface area contributed by atoms with Crippen molar-refractivity contribution < 1.29 is 5.11 Å². The Morgan fingerprint density at radius 1 is 1.38 bits per heavy atom. The summed E-state index contributed by atoms with van der Waals surface area (Å²) in [5.74, 6) is 0.631. The van der Waals surface area contributed by atoms with Crippen LogP contribution < -0.4 is 5.73 Å². The quantitative estimate of drug-likeness (QED) is 0.716. The number of anilines is 1. The Hall–Kier alpha value is -0.930. The third-order valence-electron chi connectivity index (χ3n) is 1.84. The zero-order valence-electron chi connectivity index (χ0n) is 6.75. The van der Waals surface area contributed by atoms with Gasteiger partial charge in [-0.05, 0) is 29.1 Å². The van der Waals surface area contributed by atoms with Gasteiger partial charge in [-0.2, -0.15) is 0 Å². The fourth-order valence-corrected chi connectivity index (χ4v) is 2.54. The first-order valence-corrected chi connectivity index (χ1v) is 5.12. The number of nitrogens with two attached hydrogens (primary N) is 1. The van der Waals surface area contributed by atoms with Crippen LogP contribution in [0.4, 0.5) is 5.00 Å². The van der Waals surface area contributed by atoms with E-state index in [2.05, 4.69) is 0 Å². The van der Waals surface area contributed by atoms with E-state index >= 15 is 0 Å². The van der Waals surface area contributed by atoms with Crippen molar-refractivity contribution in [3.8, 4) is 5.75 Å². The maximum atomic E-state index is 9.36. The highest BCUT2D eigenvalue weighted by Crippen LogP contribution is 2.34. The molecule has 0 fully saturated rings. The summed E-state index contributed by atoms with van der Waals surface area (Å²) >= 11 is 7.24. The van der Waals surface area contributed by atoms with Gasteiger partial charge in [-0.15, -0.1) is 22.9 Å². The molecule has 1 heterocycles. The fraction of sp³-hybridized carbons (Fsp3) is 0.111. The Balaban J connectivity index is 2.80. The molecule has 0 aliphatic carbocycles. The van der Waals surface area contributed by atoms with Gasteiger partial charge in [-0.3, -0.25) is 0 Å². The van der Waals surface area contributed by atoms with Crippen molar-refractivity contribution in [1.29, 1.82) is 0 Å². The van der Waals surface area contributed by atoms with Crippen LogP contribution in [-0.2, 0) is 5.88 Å². The van der Waals surface area contributed by atoms with Crippen LogP contribution in [0.15, 0.2) is 18.2 Å². The van der Waals surface area contributed by atoms with Crippen LogP contribution in [0, 0.1) is 0 Å². The van der Waals surface area contributed by atoms with Crippen molar-refractivity contribution in [2.75, 3.05) is 5.73 Å². The molecule has 0 aliphatic rings. The first-order valence-electron chi connectivity index (χ1n) is 3.77. The summed E-state index contributed by atoms with van der Waals surface area (Å²) in [5.41, 5.74) is 6.59. The predicted molar refractivity (Wildman–Crippen MR) is 57.5 cm³/mol. The van der Waals surface area contributed by atoms with Crippen LogP contribution in [0.3, 0.4) is 0 Å². The summed E-state index contributed by atoms with van der Waals surface area (Å²) in [4.78, 5) is 0. The van der Waals surface area contributed by atoms with Gasteiger partial charge in [0.25, 0.3) is 0 Å². The van der Waals surface area contributed by atoms with E-state index in [1.165, 1.54) is 11.3 Å². The number of phenols is 1. The molecule has 0 saturated carbocycles. The lowest BCUT2D eigenvalue weighted by molar-refractivity contribution is 0.476. The zero-order valence-corrected chi connectivity index (χ0v) is 8.32. The van der Waals surface area contributed by atoms with Gasteiger partial charge < -0.3 is 10.8 Å². The molecule has 0 unspecified atom stereocenters. The number of hydrogen-bond donors (Lipinski definition) is 2. The van der Waals surface area contributed by atoms with Crippen LogP contribution >= 0.6 is 22.9 Å². The standard InChI is InChI=1S/C9H8ClNOS/c10-4-6-2-7(12)1-5-3-8(11)13-9(5)6/h1-3,12H,4,11H2. The lowest BCUT2D eigenvalue weighted by atomic mass is 10.2. The van der Waals surface area contributed by atoms with E-state index in [-0.39, 0.29) is 5.75 Å². The van der Waals surface area contributed by atoms with Crippen molar-refractivity contribution in [3.05, 3.63) is 23.8 Å². The zero-order chi connectivity index (χ0) is 9.42.